The second-order valence-corrected chi connectivity index (χ2v) is 12.8. The quantitative estimate of drug-likeness (QED) is 0.375. The molecule has 0 atom stereocenters. The molecule has 3 N–H and O–H groups in total. The summed E-state index contributed by atoms with van der Waals surface area (Å²) in [6, 6.07) is 9.88. The van der Waals surface area contributed by atoms with Crippen molar-refractivity contribution < 1.29 is 27.1 Å². The van der Waals surface area contributed by atoms with Crippen LogP contribution in [-0.2, 0) is 10.0 Å². The first-order valence-corrected chi connectivity index (χ1v) is 14.9. The Hall–Kier alpha value is -3.58. The topological polar surface area (TPSA) is 128 Å². The molecule has 1 spiro atoms. The lowest BCUT2D eigenvalue weighted by molar-refractivity contribution is -0.0267. The van der Waals surface area contributed by atoms with Crippen molar-refractivity contribution in [1.29, 1.82) is 0 Å². The molecule has 3 aliphatic rings. The summed E-state index contributed by atoms with van der Waals surface area (Å²) in [4.78, 5) is 26.1. The van der Waals surface area contributed by atoms with Crippen LogP contribution >= 0.6 is 0 Å². The Morgan fingerprint density at radius 2 is 1.80 bits per heavy atom. The number of halogens is 2. The predicted molar refractivity (Wildman–Crippen MR) is 149 cm³/mol. The second-order valence-electron chi connectivity index (χ2n) is 10.9. The van der Waals surface area contributed by atoms with Gasteiger partial charge in [0, 0.05) is 13.1 Å². The summed E-state index contributed by atoms with van der Waals surface area (Å²) < 4.78 is 53.9. The van der Waals surface area contributed by atoms with Crippen LogP contribution < -0.4 is 19.8 Å². The van der Waals surface area contributed by atoms with Gasteiger partial charge in [0.15, 0.2) is 0 Å². The number of aromatic nitrogens is 2. The third-order valence-corrected chi connectivity index (χ3v) is 9.24. The van der Waals surface area contributed by atoms with E-state index < -0.39 is 47.3 Å². The van der Waals surface area contributed by atoms with Crippen molar-refractivity contribution in [1.82, 2.24) is 9.97 Å². The van der Waals surface area contributed by atoms with Gasteiger partial charge in [-0.3, -0.25) is 14.5 Å². The highest BCUT2D eigenvalue weighted by molar-refractivity contribution is 7.92. The fourth-order valence-corrected chi connectivity index (χ4v) is 6.27. The van der Waals surface area contributed by atoms with E-state index in [1.165, 1.54) is 30.0 Å². The average molecular weight is 573 g/mol. The lowest BCUT2D eigenvalue weighted by Crippen LogP contribution is -2.56. The first-order valence-electron chi connectivity index (χ1n) is 13.3. The van der Waals surface area contributed by atoms with Crippen LogP contribution in [-0.4, -0.2) is 73.9 Å². The van der Waals surface area contributed by atoms with Crippen molar-refractivity contribution >= 4 is 49.8 Å². The molecule has 3 heterocycles. The maximum Gasteiger partial charge on any atom is 0.282 e. The van der Waals surface area contributed by atoms with E-state index in [2.05, 4.69) is 24.9 Å². The largest absolute Gasteiger partial charge is 0.395 e. The number of aliphatic hydroxyl groups is 1. The molecule has 1 aromatic heterocycles. The van der Waals surface area contributed by atoms with E-state index in [1.807, 2.05) is 0 Å². The molecule has 0 bridgehead atoms. The van der Waals surface area contributed by atoms with Crippen molar-refractivity contribution in [2.45, 2.75) is 31.6 Å². The molecule has 6 rings (SSSR count). The zero-order valence-electron chi connectivity index (χ0n) is 21.7. The third kappa shape index (κ3) is 5.39. The zero-order chi connectivity index (χ0) is 28.1. The number of aliphatic hydroxyl groups excluding tert-OH is 1. The summed E-state index contributed by atoms with van der Waals surface area (Å²) in [6.45, 7) is 0.118. The number of sulfonamides is 1. The van der Waals surface area contributed by atoms with Crippen molar-refractivity contribution in [3.8, 4) is 0 Å². The Bertz CT molecular complexity index is 1560. The van der Waals surface area contributed by atoms with Crippen molar-refractivity contribution in [3.05, 3.63) is 48.2 Å². The Morgan fingerprint density at radius 1 is 1.05 bits per heavy atom. The summed E-state index contributed by atoms with van der Waals surface area (Å²) in [6.07, 6.45) is 5.89. The zero-order valence-corrected chi connectivity index (χ0v) is 22.6. The maximum absolute atomic E-state index is 13.7. The molecular formula is C27H30F2N6O4S. The van der Waals surface area contributed by atoms with Gasteiger partial charge >= 0.3 is 0 Å². The molecule has 1 saturated carbocycles. The average Bonchev–Trinajstić information content (AvgIpc) is 3.65. The van der Waals surface area contributed by atoms with Crippen LogP contribution in [0.4, 0.5) is 31.7 Å². The lowest BCUT2D eigenvalue weighted by Gasteiger charge is -2.39. The molecular weight excluding hydrogens is 542 g/mol. The Balaban J connectivity index is 1.30. The molecule has 2 aliphatic heterocycles. The molecule has 1 aliphatic carbocycles. The molecule has 3 fully saturated rings. The van der Waals surface area contributed by atoms with Crippen molar-refractivity contribution in [2.75, 3.05) is 58.4 Å². The fourth-order valence-electron chi connectivity index (χ4n) is 5.44. The standard InChI is InChI=1S/C27H30F2N6O4S/c28-27(29)16-35(17-27)23-15-30-20-2-1-3-21(24(20)32-23)31-25(37)19-5-4-18(33-40(38,39)13-12-36)14-22(19)34-10-8-26(6-7-26)9-11-34/h1-5,14-15,33,36H,6-13,16-17H2,(H,31,37). The molecule has 1 amide bonds. The highest BCUT2D eigenvalue weighted by atomic mass is 32.2. The molecule has 13 heteroatoms. The maximum atomic E-state index is 13.7. The Morgan fingerprint density at radius 3 is 2.48 bits per heavy atom. The summed E-state index contributed by atoms with van der Waals surface area (Å²) in [7, 11) is -3.75. The van der Waals surface area contributed by atoms with Gasteiger partial charge in [-0.2, -0.15) is 0 Å². The lowest BCUT2D eigenvalue weighted by atomic mass is 9.93. The van der Waals surface area contributed by atoms with Crippen LogP contribution in [0.15, 0.2) is 42.6 Å². The number of para-hydroxylation sites is 1. The van der Waals surface area contributed by atoms with Gasteiger partial charge in [-0.25, -0.2) is 22.2 Å². The van der Waals surface area contributed by atoms with Gasteiger partial charge in [-0.05, 0) is 61.4 Å². The van der Waals surface area contributed by atoms with Gasteiger partial charge in [0.05, 0.1) is 59.8 Å². The number of rotatable bonds is 8. The summed E-state index contributed by atoms with van der Waals surface area (Å²) in [5.41, 5.74) is 2.95. The number of anilines is 4. The van der Waals surface area contributed by atoms with E-state index in [4.69, 9.17) is 5.11 Å². The highest BCUT2D eigenvalue weighted by Gasteiger charge is 2.45. The Kier molecular flexibility index (Phi) is 6.53. The van der Waals surface area contributed by atoms with Gasteiger partial charge < -0.3 is 20.2 Å². The van der Waals surface area contributed by atoms with Crippen molar-refractivity contribution in [2.24, 2.45) is 5.41 Å². The number of amides is 1. The van der Waals surface area contributed by atoms with E-state index >= 15 is 0 Å². The smallest absolute Gasteiger partial charge is 0.282 e. The van der Waals surface area contributed by atoms with Crippen LogP contribution in [0.5, 0.6) is 0 Å². The minimum atomic E-state index is -3.75. The normalized spacial score (nSPS) is 19.4. The number of piperidine rings is 1. The highest BCUT2D eigenvalue weighted by Crippen LogP contribution is 2.54. The van der Waals surface area contributed by atoms with Crippen LogP contribution in [0, 0.1) is 5.41 Å². The van der Waals surface area contributed by atoms with Gasteiger partial charge in [-0.1, -0.05) is 6.07 Å². The molecule has 2 saturated heterocycles. The van der Waals surface area contributed by atoms with Crippen molar-refractivity contribution in [3.63, 3.8) is 0 Å². The van der Waals surface area contributed by atoms with E-state index in [0.29, 0.717) is 44.9 Å². The van der Waals surface area contributed by atoms with Crippen LogP contribution in [0.2, 0.25) is 0 Å². The predicted octanol–water partition coefficient (Wildman–Crippen LogP) is 3.45. The van der Waals surface area contributed by atoms with E-state index in [-0.39, 0.29) is 0 Å². The minimum Gasteiger partial charge on any atom is -0.395 e. The number of fused-ring (bicyclic) bond motifs is 1. The number of carbonyl (C=O) groups is 1. The minimum absolute atomic E-state index is 0.304. The SMILES string of the molecule is O=C(Nc1cccc2ncc(N3CC(F)(F)C3)nc12)c1ccc(NS(=O)(=O)CCO)cc1N1CCC2(CC1)CC2. The van der Waals surface area contributed by atoms with Gasteiger partial charge in [-0.15, -0.1) is 0 Å². The monoisotopic (exact) mass is 572 g/mol. The van der Waals surface area contributed by atoms with Gasteiger partial charge in [0.1, 0.15) is 11.3 Å². The van der Waals surface area contributed by atoms with Crippen LogP contribution in [0.25, 0.3) is 11.0 Å². The number of nitrogens with zero attached hydrogens (tertiary/aromatic N) is 4. The molecule has 0 radical (unpaired) electrons. The number of alkyl halides is 2. The van der Waals surface area contributed by atoms with Gasteiger partial charge in [0.25, 0.3) is 11.8 Å². The summed E-state index contributed by atoms with van der Waals surface area (Å²) in [5, 5.41) is 12.0. The first-order chi connectivity index (χ1) is 19.1. The molecule has 2 aromatic carbocycles. The van der Waals surface area contributed by atoms with Gasteiger partial charge in [0.2, 0.25) is 10.0 Å². The molecule has 0 unspecified atom stereocenters. The molecule has 212 valence electrons. The molecule has 10 nitrogen and oxygen atoms in total. The van der Waals surface area contributed by atoms with Crippen LogP contribution in [0.1, 0.15) is 36.0 Å². The summed E-state index contributed by atoms with van der Waals surface area (Å²) in [5.74, 6) is -3.30. The van der Waals surface area contributed by atoms with E-state index in [0.717, 1.165) is 25.9 Å². The summed E-state index contributed by atoms with van der Waals surface area (Å²) >= 11 is 0. The third-order valence-electron chi connectivity index (χ3n) is 7.97. The number of hydrogen-bond donors (Lipinski definition) is 3. The van der Waals surface area contributed by atoms with E-state index in [1.54, 1.807) is 30.3 Å². The second kappa shape index (κ2) is 9.81. The number of hydrogen-bond acceptors (Lipinski definition) is 8. The fraction of sp³-hybridized carbons (Fsp3) is 0.444. The first kappa shape index (κ1) is 26.6. The Labute approximate surface area is 230 Å². The number of benzene rings is 2. The van der Waals surface area contributed by atoms with Crippen LogP contribution in [0.3, 0.4) is 0 Å². The van der Waals surface area contributed by atoms with E-state index in [9.17, 15) is 22.0 Å². The number of carbonyl (C=O) groups excluding carboxylic acids is 1. The molecule has 3 aromatic rings. The number of nitrogens with one attached hydrogen (secondary N) is 2. The molecule has 40 heavy (non-hydrogen) atoms.